The number of nitrogens with zero attached hydrogens (tertiary/aromatic N) is 1. The van der Waals surface area contributed by atoms with Gasteiger partial charge in [0, 0.05) is 13.0 Å². The number of phenols is 2. The van der Waals surface area contributed by atoms with Crippen LogP contribution >= 0.6 is 0 Å². The Morgan fingerprint density at radius 1 is 0.913 bits per heavy atom. The van der Waals surface area contributed by atoms with Crippen LogP contribution < -0.4 is 5.32 Å². The Bertz CT molecular complexity index is 679. The van der Waals surface area contributed by atoms with Crippen molar-refractivity contribution in [1.29, 1.82) is 0 Å². The van der Waals surface area contributed by atoms with Gasteiger partial charge >= 0.3 is 0 Å². The van der Waals surface area contributed by atoms with Crippen LogP contribution in [0.4, 0.5) is 0 Å². The number of phenolic OH excluding ortho intramolecular Hbond substituents is 2. The summed E-state index contributed by atoms with van der Waals surface area (Å²) in [6.45, 7) is 0.387. The van der Waals surface area contributed by atoms with Crippen LogP contribution in [0.3, 0.4) is 0 Å². The van der Waals surface area contributed by atoms with E-state index in [2.05, 4.69) is 10.5 Å². The van der Waals surface area contributed by atoms with Crippen molar-refractivity contribution in [2.45, 2.75) is 12.8 Å². The van der Waals surface area contributed by atoms with Gasteiger partial charge in [0.1, 0.15) is 17.2 Å². The lowest BCUT2D eigenvalue weighted by Crippen LogP contribution is -2.33. The molecule has 0 aromatic heterocycles. The fourth-order valence-electron chi connectivity index (χ4n) is 2.05. The van der Waals surface area contributed by atoms with Gasteiger partial charge in [-0.05, 0) is 41.8 Å². The van der Waals surface area contributed by atoms with E-state index >= 15 is 0 Å². The topological polar surface area (TPSA) is 102 Å². The zero-order chi connectivity index (χ0) is 16.7. The Kier molecular flexibility index (Phi) is 5.57. The number of rotatable bonds is 6. The third-order valence-electron chi connectivity index (χ3n) is 3.33. The first-order valence-corrected chi connectivity index (χ1v) is 7.13. The molecule has 2 aromatic rings. The number of carbonyl (C=O) groups is 1. The number of aromatic hydroxyl groups is 2. The van der Waals surface area contributed by atoms with Gasteiger partial charge in [0.15, 0.2) is 0 Å². The van der Waals surface area contributed by atoms with Crippen LogP contribution in [0.1, 0.15) is 11.1 Å². The lowest BCUT2D eigenvalue weighted by molar-refractivity contribution is -0.115. The Labute approximate surface area is 133 Å². The van der Waals surface area contributed by atoms with Crippen LogP contribution in [0.15, 0.2) is 53.7 Å². The molecule has 0 aliphatic rings. The van der Waals surface area contributed by atoms with Crippen molar-refractivity contribution in [2.24, 2.45) is 5.16 Å². The van der Waals surface area contributed by atoms with Gasteiger partial charge in [-0.15, -0.1) is 0 Å². The second kappa shape index (κ2) is 7.84. The molecule has 0 atom stereocenters. The predicted octanol–water partition coefficient (Wildman–Crippen LogP) is 1.83. The quantitative estimate of drug-likeness (QED) is 0.371. The Morgan fingerprint density at radius 3 is 1.96 bits per heavy atom. The van der Waals surface area contributed by atoms with E-state index in [1.165, 1.54) is 12.1 Å². The third-order valence-corrected chi connectivity index (χ3v) is 3.33. The van der Waals surface area contributed by atoms with Crippen molar-refractivity contribution >= 4 is 11.6 Å². The van der Waals surface area contributed by atoms with Gasteiger partial charge in [0.25, 0.3) is 5.91 Å². The lowest BCUT2D eigenvalue weighted by Gasteiger charge is -2.07. The van der Waals surface area contributed by atoms with E-state index in [9.17, 15) is 15.0 Å². The summed E-state index contributed by atoms with van der Waals surface area (Å²) in [7, 11) is 0. The number of hydrogen-bond donors (Lipinski definition) is 4. The molecule has 0 aliphatic carbocycles. The van der Waals surface area contributed by atoms with Crippen LogP contribution in [0, 0.1) is 0 Å². The normalized spacial score (nSPS) is 11.2. The maximum absolute atomic E-state index is 12.0. The fourth-order valence-corrected chi connectivity index (χ4v) is 2.05. The maximum Gasteiger partial charge on any atom is 0.269 e. The fraction of sp³-hybridized carbons (Fsp3) is 0.176. The molecular weight excluding hydrogens is 296 g/mol. The van der Waals surface area contributed by atoms with E-state index in [-0.39, 0.29) is 23.6 Å². The first kappa shape index (κ1) is 16.4. The second-order valence-corrected chi connectivity index (χ2v) is 5.06. The highest BCUT2D eigenvalue weighted by molar-refractivity contribution is 6.39. The summed E-state index contributed by atoms with van der Waals surface area (Å²) >= 11 is 0. The molecule has 4 N–H and O–H groups in total. The molecule has 6 nitrogen and oxygen atoms in total. The summed E-state index contributed by atoms with van der Waals surface area (Å²) in [4.78, 5) is 12.0. The third kappa shape index (κ3) is 5.03. The van der Waals surface area contributed by atoms with E-state index in [0.717, 1.165) is 11.1 Å². The average molecular weight is 314 g/mol. The first-order valence-electron chi connectivity index (χ1n) is 7.13. The molecule has 6 heteroatoms. The number of amides is 1. The van der Waals surface area contributed by atoms with Crippen molar-refractivity contribution in [3.63, 3.8) is 0 Å². The summed E-state index contributed by atoms with van der Waals surface area (Å²) in [6.07, 6.45) is 0.770. The summed E-state index contributed by atoms with van der Waals surface area (Å²) in [6, 6.07) is 13.1. The van der Waals surface area contributed by atoms with Gasteiger partial charge in [-0.2, -0.15) is 0 Å². The van der Waals surface area contributed by atoms with Gasteiger partial charge in [-0.1, -0.05) is 29.4 Å². The zero-order valence-corrected chi connectivity index (χ0v) is 12.4. The Balaban J connectivity index is 1.85. The smallest absolute Gasteiger partial charge is 0.269 e. The first-order chi connectivity index (χ1) is 11.1. The monoisotopic (exact) mass is 314 g/mol. The van der Waals surface area contributed by atoms with Gasteiger partial charge < -0.3 is 20.7 Å². The predicted molar refractivity (Wildman–Crippen MR) is 85.9 cm³/mol. The summed E-state index contributed by atoms with van der Waals surface area (Å²) in [5, 5.41) is 33.2. The van der Waals surface area contributed by atoms with E-state index in [1.807, 2.05) is 0 Å². The van der Waals surface area contributed by atoms with Crippen molar-refractivity contribution in [2.75, 3.05) is 6.54 Å². The molecular formula is C17H18N2O4. The molecule has 0 heterocycles. The van der Waals surface area contributed by atoms with Gasteiger partial charge in [-0.3, -0.25) is 4.79 Å². The SMILES string of the molecule is O=C(NCCc1ccc(O)cc1)/C(Cc1ccc(O)cc1)=N\O. The summed E-state index contributed by atoms with van der Waals surface area (Å²) < 4.78 is 0. The van der Waals surface area contributed by atoms with E-state index in [1.54, 1.807) is 36.4 Å². The molecule has 23 heavy (non-hydrogen) atoms. The van der Waals surface area contributed by atoms with Gasteiger partial charge in [0.2, 0.25) is 0 Å². The average Bonchev–Trinajstić information content (AvgIpc) is 2.56. The van der Waals surface area contributed by atoms with Gasteiger partial charge in [0.05, 0.1) is 0 Å². The summed E-state index contributed by atoms with van der Waals surface area (Å²) in [5.74, 6) is -0.115. The van der Waals surface area contributed by atoms with Gasteiger partial charge in [-0.25, -0.2) is 0 Å². The van der Waals surface area contributed by atoms with Crippen molar-refractivity contribution in [1.82, 2.24) is 5.32 Å². The largest absolute Gasteiger partial charge is 0.508 e. The molecule has 0 aliphatic heterocycles. The Hall–Kier alpha value is -3.02. The molecule has 0 saturated heterocycles. The van der Waals surface area contributed by atoms with E-state index in [4.69, 9.17) is 5.21 Å². The van der Waals surface area contributed by atoms with Crippen LogP contribution in [-0.2, 0) is 17.6 Å². The molecule has 120 valence electrons. The van der Waals surface area contributed by atoms with Crippen LogP contribution in [0.2, 0.25) is 0 Å². The number of oxime groups is 1. The van der Waals surface area contributed by atoms with Crippen LogP contribution in [0.5, 0.6) is 11.5 Å². The standard InChI is InChI=1S/C17H18N2O4/c20-14-5-1-12(2-6-14)9-10-18-17(22)16(19-23)11-13-3-7-15(21)8-4-13/h1-8,20-21,23H,9-11H2,(H,18,22)/b19-16-. The molecule has 2 rings (SSSR count). The minimum Gasteiger partial charge on any atom is -0.508 e. The maximum atomic E-state index is 12.0. The highest BCUT2D eigenvalue weighted by atomic mass is 16.4. The number of carbonyl (C=O) groups excluding carboxylic acids is 1. The molecule has 0 bridgehead atoms. The molecule has 0 radical (unpaired) electrons. The lowest BCUT2D eigenvalue weighted by atomic mass is 10.1. The van der Waals surface area contributed by atoms with Crippen LogP contribution in [0.25, 0.3) is 0 Å². The molecule has 0 saturated carbocycles. The number of hydrogen-bond acceptors (Lipinski definition) is 5. The summed E-state index contributed by atoms with van der Waals surface area (Å²) in [5.41, 5.74) is 1.73. The minimum atomic E-state index is -0.445. The van der Waals surface area contributed by atoms with E-state index in [0.29, 0.717) is 13.0 Å². The molecule has 0 spiro atoms. The van der Waals surface area contributed by atoms with Crippen molar-refractivity contribution < 1.29 is 20.2 Å². The van der Waals surface area contributed by atoms with E-state index < -0.39 is 5.91 Å². The number of nitrogens with one attached hydrogen (secondary N) is 1. The molecule has 1 amide bonds. The molecule has 0 unspecified atom stereocenters. The highest BCUT2D eigenvalue weighted by Crippen LogP contribution is 2.11. The zero-order valence-electron chi connectivity index (χ0n) is 12.4. The highest BCUT2D eigenvalue weighted by Gasteiger charge is 2.12. The Morgan fingerprint density at radius 2 is 1.43 bits per heavy atom. The second-order valence-electron chi connectivity index (χ2n) is 5.06. The minimum absolute atomic E-state index is 0.00129. The number of benzene rings is 2. The van der Waals surface area contributed by atoms with Crippen molar-refractivity contribution in [3.05, 3.63) is 59.7 Å². The molecule has 0 fully saturated rings. The van der Waals surface area contributed by atoms with Crippen LogP contribution in [-0.4, -0.2) is 33.6 Å². The van der Waals surface area contributed by atoms with Crippen molar-refractivity contribution in [3.8, 4) is 11.5 Å². The molecule has 2 aromatic carbocycles.